The van der Waals surface area contributed by atoms with Gasteiger partial charge in [-0.2, -0.15) is 0 Å². The van der Waals surface area contributed by atoms with Gasteiger partial charge in [0.1, 0.15) is 6.04 Å². The number of hydrogen-bond donors (Lipinski definition) is 2. The van der Waals surface area contributed by atoms with Crippen molar-refractivity contribution in [3.8, 4) is 0 Å². The number of carboxylic acids is 1. The molecule has 0 aliphatic heterocycles. The van der Waals surface area contributed by atoms with Crippen LogP contribution in [0.1, 0.15) is 39.0 Å². The van der Waals surface area contributed by atoms with Crippen LogP contribution < -0.4 is 5.32 Å². The summed E-state index contributed by atoms with van der Waals surface area (Å²) in [5.41, 5.74) is 0. The zero-order valence-corrected chi connectivity index (χ0v) is 13.8. The smallest absolute Gasteiger partial charge is 0.326 e. The molecule has 0 aliphatic carbocycles. The molecule has 0 bridgehead atoms. The van der Waals surface area contributed by atoms with E-state index in [1.807, 2.05) is 45.2 Å². The number of rotatable bonds is 7. The Kier molecular flexibility index (Phi) is 6.68. The minimum Gasteiger partial charge on any atom is -0.480 e. The van der Waals surface area contributed by atoms with Gasteiger partial charge in [0.25, 0.3) is 0 Å². The molecule has 5 nitrogen and oxygen atoms in total. The van der Waals surface area contributed by atoms with Gasteiger partial charge in [-0.25, -0.2) is 9.59 Å². The van der Waals surface area contributed by atoms with E-state index in [-0.39, 0.29) is 18.0 Å². The van der Waals surface area contributed by atoms with Gasteiger partial charge < -0.3 is 15.3 Å². The third-order valence-corrected chi connectivity index (χ3v) is 3.95. The Morgan fingerprint density at radius 1 is 1.33 bits per heavy atom. The molecule has 1 aromatic rings. The van der Waals surface area contributed by atoms with E-state index >= 15 is 0 Å². The molecule has 21 heavy (non-hydrogen) atoms. The molecule has 1 rings (SSSR count). The normalized spacial score (nSPS) is 12.5. The molecule has 2 N–H and O–H groups in total. The van der Waals surface area contributed by atoms with Crippen LogP contribution in [0.5, 0.6) is 0 Å². The van der Waals surface area contributed by atoms with Crippen molar-refractivity contribution in [2.45, 2.75) is 52.7 Å². The summed E-state index contributed by atoms with van der Waals surface area (Å²) in [5, 5.41) is 13.8. The Labute approximate surface area is 130 Å². The average Bonchev–Trinajstić information content (AvgIpc) is 2.86. The summed E-state index contributed by atoms with van der Waals surface area (Å²) in [6, 6.07) is 2.74. The molecular weight excluding hydrogens is 288 g/mol. The number of nitrogens with zero attached hydrogens (tertiary/aromatic N) is 1. The van der Waals surface area contributed by atoms with Crippen LogP contribution in [-0.2, 0) is 11.3 Å². The van der Waals surface area contributed by atoms with Crippen LogP contribution in [0.25, 0.3) is 0 Å². The fraction of sp³-hybridized carbons (Fsp3) is 0.600. The van der Waals surface area contributed by atoms with Crippen LogP contribution in [0.15, 0.2) is 17.5 Å². The Morgan fingerprint density at radius 3 is 2.43 bits per heavy atom. The fourth-order valence-electron chi connectivity index (χ4n) is 1.98. The first-order valence-electron chi connectivity index (χ1n) is 7.13. The average molecular weight is 312 g/mol. The van der Waals surface area contributed by atoms with Crippen LogP contribution in [0.3, 0.4) is 0 Å². The van der Waals surface area contributed by atoms with Gasteiger partial charge in [-0.3, -0.25) is 0 Å². The first kappa shape index (κ1) is 17.5. The van der Waals surface area contributed by atoms with Crippen LogP contribution in [0, 0.1) is 5.92 Å². The first-order chi connectivity index (χ1) is 9.81. The van der Waals surface area contributed by atoms with Crippen molar-refractivity contribution < 1.29 is 14.7 Å². The largest absolute Gasteiger partial charge is 0.480 e. The molecule has 1 atom stereocenters. The highest BCUT2D eigenvalue weighted by Gasteiger charge is 2.25. The van der Waals surface area contributed by atoms with E-state index in [1.165, 1.54) is 0 Å². The number of carbonyl (C=O) groups excluding carboxylic acids is 1. The number of hydrogen-bond acceptors (Lipinski definition) is 3. The van der Waals surface area contributed by atoms with E-state index in [0.717, 1.165) is 4.88 Å². The first-order valence-corrected chi connectivity index (χ1v) is 8.01. The topological polar surface area (TPSA) is 69.6 Å². The van der Waals surface area contributed by atoms with Gasteiger partial charge in [0, 0.05) is 10.9 Å². The van der Waals surface area contributed by atoms with Gasteiger partial charge in [-0.15, -0.1) is 11.3 Å². The number of carboxylic acid groups (broad SMARTS) is 1. The summed E-state index contributed by atoms with van der Waals surface area (Å²) < 4.78 is 0. The number of aliphatic carboxylic acids is 1. The van der Waals surface area contributed by atoms with Crippen LogP contribution in [-0.4, -0.2) is 34.1 Å². The van der Waals surface area contributed by atoms with E-state index in [0.29, 0.717) is 13.0 Å². The molecule has 0 fully saturated rings. The molecule has 0 saturated carbocycles. The highest BCUT2D eigenvalue weighted by atomic mass is 32.1. The Morgan fingerprint density at radius 2 is 2.00 bits per heavy atom. The highest BCUT2D eigenvalue weighted by molar-refractivity contribution is 7.09. The minimum absolute atomic E-state index is 0.000551. The lowest BCUT2D eigenvalue weighted by molar-refractivity contribution is -0.139. The van der Waals surface area contributed by atoms with Gasteiger partial charge in [0.2, 0.25) is 0 Å². The molecule has 2 amide bonds. The second kappa shape index (κ2) is 8.02. The standard InChI is InChI=1S/C15H24N2O3S/c1-10(2)8-13(14(18)19)16-15(20)17(11(3)4)9-12-6-5-7-21-12/h5-7,10-11,13H,8-9H2,1-4H3,(H,16,20)(H,18,19). The summed E-state index contributed by atoms with van der Waals surface area (Å²) in [5.74, 6) is -0.784. The molecule has 1 heterocycles. The van der Waals surface area contributed by atoms with Crippen LogP contribution in [0.2, 0.25) is 0 Å². The molecule has 1 aromatic heterocycles. The lowest BCUT2D eigenvalue weighted by Gasteiger charge is -2.28. The van der Waals surface area contributed by atoms with Gasteiger partial charge in [-0.05, 0) is 37.6 Å². The van der Waals surface area contributed by atoms with E-state index in [1.54, 1.807) is 16.2 Å². The SMILES string of the molecule is CC(C)CC(NC(=O)N(Cc1cccs1)C(C)C)C(=O)O. The summed E-state index contributed by atoms with van der Waals surface area (Å²) in [7, 11) is 0. The maximum Gasteiger partial charge on any atom is 0.326 e. The van der Waals surface area contributed by atoms with Gasteiger partial charge >= 0.3 is 12.0 Å². The predicted molar refractivity (Wildman–Crippen MR) is 84.4 cm³/mol. The monoisotopic (exact) mass is 312 g/mol. The Bertz CT molecular complexity index is 457. The van der Waals surface area contributed by atoms with Crippen molar-refractivity contribution in [2.24, 2.45) is 5.92 Å². The number of nitrogens with one attached hydrogen (secondary N) is 1. The van der Waals surface area contributed by atoms with Crippen molar-refractivity contribution in [3.63, 3.8) is 0 Å². The van der Waals surface area contributed by atoms with Crippen molar-refractivity contribution in [1.82, 2.24) is 10.2 Å². The van der Waals surface area contributed by atoms with Crippen LogP contribution in [0.4, 0.5) is 4.79 Å². The fourth-order valence-corrected chi connectivity index (χ4v) is 2.69. The van der Waals surface area contributed by atoms with Crippen molar-refractivity contribution in [1.29, 1.82) is 0 Å². The number of amides is 2. The lowest BCUT2D eigenvalue weighted by atomic mass is 10.0. The molecule has 6 heteroatoms. The van der Waals surface area contributed by atoms with Crippen molar-refractivity contribution in [3.05, 3.63) is 22.4 Å². The third kappa shape index (κ3) is 5.75. The van der Waals surface area contributed by atoms with Gasteiger partial charge in [0.15, 0.2) is 0 Å². The van der Waals surface area contributed by atoms with Crippen LogP contribution >= 0.6 is 11.3 Å². The maximum atomic E-state index is 12.4. The second-order valence-corrected chi connectivity index (χ2v) is 6.80. The quantitative estimate of drug-likeness (QED) is 0.812. The van der Waals surface area contributed by atoms with Gasteiger partial charge in [-0.1, -0.05) is 19.9 Å². The number of carbonyl (C=O) groups is 2. The Hall–Kier alpha value is -1.56. The Balaban J connectivity index is 2.73. The third-order valence-electron chi connectivity index (χ3n) is 3.09. The number of thiophene rings is 1. The van der Waals surface area contributed by atoms with E-state index < -0.39 is 12.0 Å². The minimum atomic E-state index is -0.989. The summed E-state index contributed by atoms with van der Waals surface area (Å²) in [6.45, 7) is 8.22. The molecule has 1 unspecified atom stereocenters. The molecule has 0 radical (unpaired) electrons. The summed E-state index contributed by atoms with van der Waals surface area (Å²) in [4.78, 5) is 26.3. The van der Waals surface area contributed by atoms with E-state index in [9.17, 15) is 14.7 Å². The molecular formula is C15H24N2O3S. The molecule has 118 valence electrons. The van der Waals surface area contributed by atoms with E-state index in [2.05, 4.69) is 5.32 Å². The second-order valence-electron chi connectivity index (χ2n) is 5.77. The zero-order valence-electron chi connectivity index (χ0n) is 13.0. The number of urea groups is 1. The van der Waals surface area contributed by atoms with E-state index in [4.69, 9.17) is 0 Å². The van der Waals surface area contributed by atoms with Crippen molar-refractivity contribution in [2.75, 3.05) is 0 Å². The summed E-state index contributed by atoms with van der Waals surface area (Å²) in [6.07, 6.45) is 0.423. The molecule has 0 aromatic carbocycles. The molecule has 0 aliphatic rings. The highest BCUT2D eigenvalue weighted by Crippen LogP contribution is 2.15. The molecule has 0 saturated heterocycles. The van der Waals surface area contributed by atoms with Gasteiger partial charge in [0.05, 0.1) is 6.54 Å². The predicted octanol–water partition coefficient (Wildman–Crippen LogP) is 3.17. The lowest BCUT2D eigenvalue weighted by Crippen LogP contribution is -2.50. The zero-order chi connectivity index (χ0) is 16.0. The molecule has 0 spiro atoms. The summed E-state index contributed by atoms with van der Waals surface area (Å²) >= 11 is 1.58. The maximum absolute atomic E-state index is 12.4. The van der Waals surface area contributed by atoms with Crippen molar-refractivity contribution >= 4 is 23.3 Å².